The van der Waals surface area contributed by atoms with Gasteiger partial charge >= 0.3 is 0 Å². The molecule has 1 unspecified atom stereocenters. The van der Waals surface area contributed by atoms with Gasteiger partial charge in [0.2, 0.25) is 0 Å². The number of halogens is 1. The fraction of sp³-hybridized carbons (Fsp3) is 0.200. The van der Waals surface area contributed by atoms with E-state index >= 15 is 0 Å². The van der Waals surface area contributed by atoms with Crippen molar-refractivity contribution in [3.8, 4) is 0 Å². The number of nitrogens with zero attached hydrogens (tertiary/aromatic N) is 1. The monoisotopic (exact) mass is 370 g/mol. The van der Waals surface area contributed by atoms with Crippen LogP contribution in [0.3, 0.4) is 0 Å². The van der Waals surface area contributed by atoms with Gasteiger partial charge in [0, 0.05) is 22.7 Å². The number of aromatic nitrogens is 1. The highest BCUT2D eigenvalue weighted by Crippen LogP contribution is 2.24. The van der Waals surface area contributed by atoms with Gasteiger partial charge in [-0.2, -0.15) is 0 Å². The summed E-state index contributed by atoms with van der Waals surface area (Å²) >= 11 is 6.23. The van der Waals surface area contributed by atoms with Gasteiger partial charge in [-0.3, -0.25) is 9.59 Å². The molecule has 0 spiro atoms. The molecule has 3 aromatic rings. The number of amides is 1. The summed E-state index contributed by atoms with van der Waals surface area (Å²) in [7, 11) is 0. The molecule has 0 aliphatic heterocycles. The highest BCUT2D eigenvalue weighted by Gasteiger charge is 2.14. The van der Waals surface area contributed by atoms with E-state index in [0.29, 0.717) is 27.0 Å². The number of nitrogens with one attached hydrogen (secondary N) is 1. The first-order valence-corrected chi connectivity index (χ1v) is 8.63. The highest BCUT2D eigenvalue weighted by molar-refractivity contribution is 6.35. The largest absolute Gasteiger partial charge is 0.392 e. The van der Waals surface area contributed by atoms with Crippen LogP contribution in [0.25, 0.3) is 10.8 Å². The molecule has 0 aliphatic rings. The van der Waals surface area contributed by atoms with Crippen LogP contribution in [0.15, 0.2) is 53.5 Å². The average molecular weight is 371 g/mol. The van der Waals surface area contributed by atoms with E-state index < -0.39 is 6.10 Å². The van der Waals surface area contributed by atoms with E-state index in [9.17, 15) is 14.7 Å². The van der Waals surface area contributed by atoms with E-state index in [1.165, 1.54) is 4.57 Å². The van der Waals surface area contributed by atoms with Crippen LogP contribution in [-0.2, 0) is 6.54 Å². The maximum absolute atomic E-state index is 12.6. The Labute approximate surface area is 155 Å². The van der Waals surface area contributed by atoms with E-state index in [-0.39, 0.29) is 18.0 Å². The minimum Gasteiger partial charge on any atom is -0.392 e. The second kappa shape index (κ2) is 7.32. The van der Waals surface area contributed by atoms with Crippen LogP contribution in [0.5, 0.6) is 0 Å². The molecule has 1 amide bonds. The zero-order chi connectivity index (χ0) is 18.8. The highest BCUT2D eigenvalue weighted by atomic mass is 35.5. The van der Waals surface area contributed by atoms with Gasteiger partial charge in [-0.05, 0) is 43.7 Å². The van der Waals surface area contributed by atoms with Crippen molar-refractivity contribution in [1.82, 2.24) is 4.57 Å². The van der Waals surface area contributed by atoms with Crippen LogP contribution >= 0.6 is 11.6 Å². The number of anilines is 1. The van der Waals surface area contributed by atoms with E-state index in [0.717, 1.165) is 5.56 Å². The number of aliphatic hydroxyl groups excluding tert-OH is 1. The number of carbonyl (C=O) groups excluding carboxylic acids is 1. The molecule has 5 nitrogen and oxygen atoms in total. The third kappa shape index (κ3) is 3.49. The third-order valence-corrected chi connectivity index (χ3v) is 4.67. The predicted molar refractivity (Wildman–Crippen MR) is 104 cm³/mol. The number of hydrogen-bond donors (Lipinski definition) is 2. The quantitative estimate of drug-likeness (QED) is 0.737. The van der Waals surface area contributed by atoms with Crippen molar-refractivity contribution in [1.29, 1.82) is 0 Å². The first kappa shape index (κ1) is 18.2. The Morgan fingerprint density at radius 2 is 1.92 bits per heavy atom. The minimum absolute atomic E-state index is 0.213. The molecule has 0 bridgehead atoms. The molecule has 0 saturated carbocycles. The fourth-order valence-electron chi connectivity index (χ4n) is 2.87. The van der Waals surface area contributed by atoms with Crippen LogP contribution in [0, 0.1) is 6.92 Å². The van der Waals surface area contributed by atoms with Gasteiger partial charge in [-0.25, -0.2) is 0 Å². The number of pyridine rings is 1. The van der Waals surface area contributed by atoms with Crippen molar-refractivity contribution in [3.63, 3.8) is 0 Å². The molecule has 6 heteroatoms. The molecule has 0 fully saturated rings. The first-order valence-electron chi connectivity index (χ1n) is 8.25. The molecular formula is C20H19ClN2O3. The average Bonchev–Trinajstić information content (AvgIpc) is 2.60. The van der Waals surface area contributed by atoms with E-state index in [1.807, 2.05) is 13.0 Å². The fourth-order valence-corrected chi connectivity index (χ4v) is 3.08. The Balaban J connectivity index is 2.01. The SMILES string of the molecule is Cc1cccc(C(=O)Nc2cccc3c(=O)n(CC(C)O)ccc23)c1Cl. The molecule has 26 heavy (non-hydrogen) atoms. The summed E-state index contributed by atoms with van der Waals surface area (Å²) in [6.07, 6.45) is 0.990. The van der Waals surface area contributed by atoms with Gasteiger partial charge < -0.3 is 15.0 Å². The van der Waals surface area contributed by atoms with Gasteiger partial charge in [0.15, 0.2) is 0 Å². The lowest BCUT2D eigenvalue weighted by molar-refractivity contribution is 0.102. The Kier molecular flexibility index (Phi) is 5.11. The number of benzene rings is 2. The van der Waals surface area contributed by atoms with E-state index in [1.54, 1.807) is 49.5 Å². The summed E-state index contributed by atoms with van der Waals surface area (Å²) in [5, 5.41) is 13.9. The molecular weight excluding hydrogens is 352 g/mol. The summed E-state index contributed by atoms with van der Waals surface area (Å²) in [5.41, 5.74) is 1.52. The lowest BCUT2D eigenvalue weighted by Crippen LogP contribution is -2.25. The maximum Gasteiger partial charge on any atom is 0.258 e. The number of rotatable bonds is 4. The summed E-state index contributed by atoms with van der Waals surface area (Å²) < 4.78 is 1.45. The predicted octanol–water partition coefficient (Wildman–Crippen LogP) is 3.60. The topological polar surface area (TPSA) is 71.3 Å². The second-order valence-electron chi connectivity index (χ2n) is 6.28. The van der Waals surface area contributed by atoms with Crippen molar-refractivity contribution >= 4 is 34.0 Å². The van der Waals surface area contributed by atoms with Crippen molar-refractivity contribution in [2.75, 3.05) is 5.32 Å². The molecule has 2 aromatic carbocycles. The second-order valence-corrected chi connectivity index (χ2v) is 6.66. The molecule has 3 rings (SSSR count). The van der Waals surface area contributed by atoms with E-state index in [2.05, 4.69) is 5.32 Å². The zero-order valence-electron chi connectivity index (χ0n) is 14.5. The van der Waals surface area contributed by atoms with Gasteiger partial charge in [-0.15, -0.1) is 0 Å². The molecule has 0 aliphatic carbocycles. The lowest BCUT2D eigenvalue weighted by Gasteiger charge is -2.13. The molecule has 1 aromatic heterocycles. The Morgan fingerprint density at radius 3 is 2.65 bits per heavy atom. The molecule has 0 saturated heterocycles. The molecule has 1 heterocycles. The van der Waals surface area contributed by atoms with E-state index in [4.69, 9.17) is 11.6 Å². The van der Waals surface area contributed by atoms with Crippen LogP contribution in [0.2, 0.25) is 5.02 Å². The number of hydrogen-bond acceptors (Lipinski definition) is 3. The molecule has 0 radical (unpaired) electrons. The van der Waals surface area contributed by atoms with Crippen molar-refractivity contribution < 1.29 is 9.90 Å². The van der Waals surface area contributed by atoms with Crippen molar-refractivity contribution in [2.45, 2.75) is 26.5 Å². The standard InChI is InChI=1S/C20H19ClN2O3/c1-12-5-3-7-16(18(12)21)19(25)22-17-8-4-6-15-14(17)9-10-23(20(15)26)11-13(2)24/h3-10,13,24H,11H2,1-2H3,(H,22,25). The summed E-state index contributed by atoms with van der Waals surface area (Å²) in [4.78, 5) is 25.2. The zero-order valence-corrected chi connectivity index (χ0v) is 15.2. The third-order valence-electron chi connectivity index (χ3n) is 4.16. The summed E-state index contributed by atoms with van der Waals surface area (Å²) in [5.74, 6) is -0.334. The molecule has 134 valence electrons. The van der Waals surface area contributed by atoms with Gasteiger partial charge in [0.1, 0.15) is 0 Å². The summed E-state index contributed by atoms with van der Waals surface area (Å²) in [6, 6.07) is 12.2. The maximum atomic E-state index is 12.6. The Hall–Kier alpha value is -2.63. The smallest absolute Gasteiger partial charge is 0.258 e. The first-order chi connectivity index (χ1) is 12.4. The number of aryl methyl sites for hydroxylation is 1. The Bertz CT molecular complexity index is 1040. The van der Waals surface area contributed by atoms with Crippen LogP contribution in [-0.4, -0.2) is 21.7 Å². The number of carbonyl (C=O) groups is 1. The Morgan fingerprint density at radius 1 is 1.19 bits per heavy atom. The molecule has 2 N–H and O–H groups in total. The summed E-state index contributed by atoms with van der Waals surface area (Å²) in [6.45, 7) is 3.67. The molecule has 1 atom stereocenters. The van der Waals surface area contributed by atoms with Crippen LogP contribution in [0.1, 0.15) is 22.8 Å². The van der Waals surface area contributed by atoms with Gasteiger partial charge in [0.25, 0.3) is 11.5 Å². The van der Waals surface area contributed by atoms with Crippen molar-refractivity contribution in [2.24, 2.45) is 0 Å². The van der Waals surface area contributed by atoms with Gasteiger partial charge in [0.05, 0.1) is 23.2 Å². The normalized spacial score (nSPS) is 12.2. The minimum atomic E-state index is -0.628. The number of aliphatic hydroxyl groups is 1. The van der Waals surface area contributed by atoms with Gasteiger partial charge in [-0.1, -0.05) is 29.8 Å². The van der Waals surface area contributed by atoms with Crippen LogP contribution in [0.4, 0.5) is 5.69 Å². The number of fused-ring (bicyclic) bond motifs is 1. The van der Waals surface area contributed by atoms with Crippen LogP contribution < -0.4 is 10.9 Å². The van der Waals surface area contributed by atoms with Crippen molar-refractivity contribution in [3.05, 3.63) is 75.2 Å². The lowest BCUT2D eigenvalue weighted by atomic mass is 10.1.